The van der Waals surface area contributed by atoms with E-state index >= 15 is 0 Å². The van der Waals surface area contributed by atoms with Crippen molar-refractivity contribution in [1.29, 1.82) is 0 Å². The number of halogens is 5. The molecule has 1 aliphatic carbocycles. The van der Waals surface area contributed by atoms with Gasteiger partial charge in [-0.15, -0.1) is 0 Å². The summed E-state index contributed by atoms with van der Waals surface area (Å²) in [5, 5.41) is 2.58. The summed E-state index contributed by atoms with van der Waals surface area (Å²) in [4.78, 5) is 4.51. The molecule has 0 bridgehead atoms. The third-order valence-electron chi connectivity index (χ3n) is 13.7. The topological polar surface area (TPSA) is 11.4 Å². The van der Waals surface area contributed by atoms with Gasteiger partial charge in [-0.05, 0) is 222 Å². The fourth-order valence-electron chi connectivity index (χ4n) is 10.3. The van der Waals surface area contributed by atoms with Gasteiger partial charge < -0.3 is 14.4 Å². The highest BCUT2D eigenvalue weighted by atomic mass is 79.9. The van der Waals surface area contributed by atoms with Gasteiger partial charge in [0.05, 0.1) is 11.0 Å². The molecule has 12 rings (SSSR count). The maximum absolute atomic E-state index is 3.58. The molecule has 0 radical (unpaired) electrons. The molecule has 0 saturated heterocycles. The van der Waals surface area contributed by atoms with E-state index in [4.69, 9.17) is 0 Å². The average molecular weight is 1330 g/mol. The Labute approximate surface area is 496 Å². The summed E-state index contributed by atoms with van der Waals surface area (Å²) in [6.07, 6.45) is 3.37. The summed E-state index contributed by atoms with van der Waals surface area (Å²) in [5.41, 5.74) is 19.0. The lowest BCUT2D eigenvalue weighted by molar-refractivity contribution is 0.647. The van der Waals surface area contributed by atoms with Crippen molar-refractivity contribution in [2.24, 2.45) is 11.8 Å². The number of rotatable bonds is 11. The zero-order chi connectivity index (χ0) is 53.6. The second-order valence-electron chi connectivity index (χ2n) is 20.3. The van der Waals surface area contributed by atoms with Gasteiger partial charge in [0, 0.05) is 72.9 Å². The van der Waals surface area contributed by atoms with Crippen LogP contribution in [-0.4, -0.2) is 4.57 Å². The zero-order valence-corrected chi connectivity index (χ0v) is 51.4. The Balaban J connectivity index is 0.000000145. The molecule has 3 nitrogen and oxygen atoms in total. The van der Waals surface area contributed by atoms with Crippen molar-refractivity contribution in [3.8, 4) is 16.8 Å². The zero-order valence-electron chi connectivity index (χ0n) is 43.4. The molecule has 77 heavy (non-hydrogen) atoms. The molecule has 0 amide bonds. The van der Waals surface area contributed by atoms with E-state index in [9.17, 15) is 0 Å². The van der Waals surface area contributed by atoms with Crippen molar-refractivity contribution >= 4 is 136 Å². The minimum atomic E-state index is 0.618. The Morgan fingerprint density at radius 2 is 0.714 bits per heavy atom. The van der Waals surface area contributed by atoms with E-state index in [1.54, 1.807) is 0 Å². The standard InChI is InChI=1S/C34H28Br2N2.C18H12Br3N.C17H18/c1-23(2)21-24-7-20-32-31-5-3-4-6-33(31)38(34(32)22-24)30-18-16-29(17-19-30)37(27-12-8-25(35)9-13-27)28-14-10-26(36)11-15-28;19-13-1-7-16(8-2-13)22(17-9-3-14(20)4-10-17)18-11-5-15(21)6-12-18;1-12(2)9-13-7-8-17-15(10-13)11-14-5-3-4-6-16(14)17/h3-20,22-23H,21H2,1-2H3;1-12H;3-8,10,12H,9,11H2,1-2H3. The highest BCUT2D eigenvalue weighted by Gasteiger charge is 2.19. The first kappa shape index (κ1) is 54.4. The molecule has 0 saturated carbocycles. The van der Waals surface area contributed by atoms with Crippen molar-refractivity contribution in [3.05, 3.63) is 275 Å². The number of aromatic nitrogens is 1. The molecule has 11 aromatic rings. The monoisotopic (exact) mass is 1320 g/mol. The van der Waals surface area contributed by atoms with E-state index in [2.05, 4.69) is 352 Å². The van der Waals surface area contributed by atoms with Crippen LogP contribution in [0.5, 0.6) is 0 Å². The van der Waals surface area contributed by atoms with Gasteiger partial charge in [-0.25, -0.2) is 0 Å². The van der Waals surface area contributed by atoms with Crippen molar-refractivity contribution in [3.63, 3.8) is 0 Å². The minimum absolute atomic E-state index is 0.618. The van der Waals surface area contributed by atoms with Gasteiger partial charge in [0.15, 0.2) is 0 Å². The van der Waals surface area contributed by atoms with Crippen molar-refractivity contribution < 1.29 is 0 Å². The molecule has 8 heteroatoms. The molecule has 0 fully saturated rings. The second kappa shape index (κ2) is 24.8. The number of fused-ring (bicyclic) bond motifs is 6. The van der Waals surface area contributed by atoms with Crippen LogP contribution >= 0.6 is 79.6 Å². The predicted octanol–water partition coefficient (Wildman–Crippen LogP) is 22.9. The van der Waals surface area contributed by atoms with E-state index in [0.29, 0.717) is 5.92 Å². The highest BCUT2D eigenvalue weighted by Crippen LogP contribution is 2.40. The molecule has 0 spiro atoms. The van der Waals surface area contributed by atoms with Gasteiger partial charge in [0.2, 0.25) is 0 Å². The molecule has 0 aliphatic heterocycles. The number of anilines is 6. The molecular weight excluding hydrogens is 1270 g/mol. The summed E-state index contributed by atoms with van der Waals surface area (Å²) in [6, 6.07) is 82.2. The summed E-state index contributed by atoms with van der Waals surface area (Å²) in [6.45, 7) is 9.12. The van der Waals surface area contributed by atoms with Crippen LogP contribution in [0, 0.1) is 11.8 Å². The van der Waals surface area contributed by atoms with Crippen molar-refractivity contribution in [1.82, 2.24) is 4.57 Å². The predicted molar refractivity (Wildman–Crippen MR) is 347 cm³/mol. The van der Waals surface area contributed by atoms with Gasteiger partial charge in [0.25, 0.3) is 0 Å². The van der Waals surface area contributed by atoms with E-state index < -0.39 is 0 Å². The van der Waals surface area contributed by atoms with E-state index in [1.165, 1.54) is 61.6 Å². The summed E-state index contributed by atoms with van der Waals surface area (Å²) in [5.74, 6) is 1.35. The molecule has 384 valence electrons. The smallest absolute Gasteiger partial charge is 0.0543 e. The van der Waals surface area contributed by atoms with E-state index in [0.717, 1.165) is 80.9 Å². The van der Waals surface area contributed by atoms with E-state index in [1.807, 2.05) is 0 Å². The molecule has 1 aliphatic rings. The first-order chi connectivity index (χ1) is 37.3. The van der Waals surface area contributed by atoms with Gasteiger partial charge >= 0.3 is 0 Å². The molecule has 0 atom stereocenters. The normalized spacial score (nSPS) is 11.5. The molecule has 0 N–H and O–H groups in total. The number of nitrogens with zero attached hydrogens (tertiary/aromatic N) is 3. The largest absolute Gasteiger partial charge is 0.311 e. The van der Waals surface area contributed by atoms with Gasteiger partial charge in [0.1, 0.15) is 0 Å². The molecular formula is C69H58Br5N3. The summed E-state index contributed by atoms with van der Waals surface area (Å²) >= 11 is 17.6. The highest BCUT2D eigenvalue weighted by molar-refractivity contribution is 9.11. The molecule has 1 heterocycles. The molecule has 0 unspecified atom stereocenters. The third-order valence-corrected chi connectivity index (χ3v) is 16.3. The number of para-hydroxylation sites is 1. The van der Waals surface area contributed by atoms with Gasteiger partial charge in [-0.2, -0.15) is 0 Å². The molecule has 1 aromatic heterocycles. The fourth-order valence-corrected chi connectivity index (χ4v) is 11.6. The van der Waals surface area contributed by atoms with Crippen LogP contribution in [0.15, 0.2) is 253 Å². The summed E-state index contributed by atoms with van der Waals surface area (Å²) < 4.78 is 7.75. The quantitative estimate of drug-likeness (QED) is 0.128. The van der Waals surface area contributed by atoms with Crippen LogP contribution in [0.3, 0.4) is 0 Å². The fraction of sp³-hybridized carbons (Fsp3) is 0.130. The number of hydrogen-bond donors (Lipinski definition) is 0. The third kappa shape index (κ3) is 13.0. The van der Waals surface area contributed by atoms with Gasteiger partial charge in [-0.1, -0.05) is 180 Å². The maximum atomic E-state index is 3.58. The molecule has 10 aromatic carbocycles. The van der Waals surface area contributed by atoms with Crippen LogP contribution < -0.4 is 9.80 Å². The Kier molecular flexibility index (Phi) is 17.5. The maximum Gasteiger partial charge on any atom is 0.0543 e. The van der Waals surface area contributed by atoms with Crippen LogP contribution in [0.25, 0.3) is 38.6 Å². The van der Waals surface area contributed by atoms with Crippen LogP contribution in [-0.2, 0) is 19.3 Å². The SMILES string of the molecule is Brc1ccc(N(c2ccc(Br)cc2)c2ccc(Br)cc2)cc1.CC(C)Cc1ccc2c(c1)Cc1ccccc1-2.CC(C)Cc1ccc2c3ccccc3n(-c3ccc(N(c4ccc(Br)cc4)c4ccc(Br)cc4)cc3)c2c1. The van der Waals surface area contributed by atoms with Crippen molar-refractivity contribution in [2.45, 2.75) is 47.0 Å². The van der Waals surface area contributed by atoms with Gasteiger partial charge in [-0.3, -0.25) is 0 Å². The number of hydrogen-bond acceptors (Lipinski definition) is 2. The average Bonchev–Trinajstić information content (AvgIpc) is 4.11. The first-order valence-electron chi connectivity index (χ1n) is 26.1. The Bertz CT molecular complexity index is 3600. The van der Waals surface area contributed by atoms with Crippen LogP contribution in [0.1, 0.15) is 49.9 Å². The number of benzene rings is 10. The lowest BCUT2D eigenvalue weighted by Crippen LogP contribution is -2.10. The first-order valence-corrected chi connectivity index (χ1v) is 30.0. The second-order valence-corrected chi connectivity index (χ2v) is 24.9. The van der Waals surface area contributed by atoms with E-state index in [-0.39, 0.29) is 0 Å². The Morgan fingerprint density at radius 3 is 1.17 bits per heavy atom. The Morgan fingerprint density at radius 1 is 0.351 bits per heavy atom. The Hall–Kier alpha value is -6.00. The minimum Gasteiger partial charge on any atom is -0.311 e. The lowest BCUT2D eigenvalue weighted by Gasteiger charge is -2.26. The van der Waals surface area contributed by atoms with Crippen LogP contribution in [0.4, 0.5) is 34.1 Å². The van der Waals surface area contributed by atoms with Crippen LogP contribution in [0.2, 0.25) is 0 Å². The summed E-state index contributed by atoms with van der Waals surface area (Å²) in [7, 11) is 0. The lowest BCUT2D eigenvalue weighted by atomic mass is 9.98. The van der Waals surface area contributed by atoms with Crippen molar-refractivity contribution in [2.75, 3.05) is 9.80 Å².